The van der Waals surface area contributed by atoms with Crippen LogP contribution in [0.1, 0.15) is 30.0 Å². The SMILES string of the molecule is CCOC(=O)C1=C(c2ccccc2)OC(Cc2ccc(C#N)cc2)C1. The molecule has 0 aliphatic carbocycles. The zero-order chi connectivity index (χ0) is 17.6. The summed E-state index contributed by atoms with van der Waals surface area (Å²) in [6.07, 6.45) is 1.07. The van der Waals surface area contributed by atoms with Gasteiger partial charge in [-0.15, -0.1) is 0 Å². The summed E-state index contributed by atoms with van der Waals surface area (Å²) in [5, 5.41) is 8.89. The molecule has 1 atom stereocenters. The normalized spacial score (nSPS) is 16.2. The van der Waals surface area contributed by atoms with Gasteiger partial charge in [0.2, 0.25) is 0 Å². The van der Waals surface area contributed by atoms with Crippen molar-refractivity contribution in [3.05, 3.63) is 76.9 Å². The van der Waals surface area contributed by atoms with Crippen LogP contribution >= 0.6 is 0 Å². The number of benzene rings is 2. The molecule has 0 bridgehead atoms. The van der Waals surface area contributed by atoms with E-state index >= 15 is 0 Å². The molecule has 0 spiro atoms. The van der Waals surface area contributed by atoms with Gasteiger partial charge < -0.3 is 9.47 Å². The lowest BCUT2D eigenvalue weighted by atomic mass is 10.0. The maximum Gasteiger partial charge on any atom is 0.337 e. The number of rotatable bonds is 5. The average Bonchev–Trinajstić information content (AvgIpc) is 3.07. The summed E-state index contributed by atoms with van der Waals surface area (Å²) in [4.78, 5) is 12.3. The Bertz CT molecular complexity index is 816. The molecule has 2 aromatic carbocycles. The fraction of sp³-hybridized carbons (Fsp3) is 0.238. The van der Waals surface area contributed by atoms with Crippen molar-refractivity contribution in [1.29, 1.82) is 5.26 Å². The Balaban J connectivity index is 1.80. The van der Waals surface area contributed by atoms with E-state index < -0.39 is 0 Å². The van der Waals surface area contributed by atoms with Crippen LogP contribution in [0.3, 0.4) is 0 Å². The smallest absolute Gasteiger partial charge is 0.337 e. The van der Waals surface area contributed by atoms with Gasteiger partial charge in [-0.1, -0.05) is 42.5 Å². The molecule has 0 saturated carbocycles. The van der Waals surface area contributed by atoms with Gasteiger partial charge in [0.15, 0.2) is 0 Å². The maximum absolute atomic E-state index is 12.3. The van der Waals surface area contributed by atoms with Crippen molar-refractivity contribution in [3.63, 3.8) is 0 Å². The van der Waals surface area contributed by atoms with E-state index in [1.54, 1.807) is 19.1 Å². The highest BCUT2D eigenvalue weighted by Gasteiger charge is 2.31. The van der Waals surface area contributed by atoms with E-state index in [1.165, 1.54) is 0 Å². The van der Waals surface area contributed by atoms with Crippen LogP contribution < -0.4 is 0 Å². The van der Waals surface area contributed by atoms with Crippen LogP contribution in [-0.2, 0) is 20.7 Å². The molecule has 0 saturated heterocycles. The molecule has 0 radical (unpaired) electrons. The van der Waals surface area contributed by atoms with Crippen molar-refractivity contribution in [1.82, 2.24) is 0 Å². The van der Waals surface area contributed by atoms with Gasteiger partial charge in [0.1, 0.15) is 11.9 Å². The summed E-state index contributed by atoms with van der Waals surface area (Å²) in [5.74, 6) is 0.293. The molecule has 0 aromatic heterocycles. The van der Waals surface area contributed by atoms with Crippen LogP contribution in [0.2, 0.25) is 0 Å². The fourth-order valence-corrected chi connectivity index (χ4v) is 2.92. The average molecular weight is 333 g/mol. The minimum Gasteiger partial charge on any atom is -0.489 e. The minimum atomic E-state index is -0.316. The molecule has 2 aromatic rings. The molecule has 1 aliphatic rings. The standard InChI is InChI=1S/C21H19NO3/c1-2-24-21(23)19-13-18(12-15-8-10-16(14-22)11-9-15)25-20(19)17-6-4-3-5-7-17/h3-11,18H,2,12-13H2,1H3. The Hall–Kier alpha value is -3.06. The van der Waals surface area contributed by atoms with Crippen molar-refractivity contribution in [3.8, 4) is 6.07 Å². The number of nitriles is 1. The molecule has 0 fully saturated rings. The second kappa shape index (κ2) is 7.67. The third-order valence-corrected chi connectivity index (χ3v) is 4.09. The number of hydrogen-bond acceptors (Lipinski definition) is 4. The molecule has 1 heterocycles. The lowest BCUT2D eigenvalue weighted by Crippen LogP contribution is -2.12. The largest absolute Gasteiger partial charge is 0.489 e. The number of nitrogens with zero attached hydrogens (tertiary/aromatic N) is 1. The summed E-state index contributed by atoms with van der Waals surface area (Å²) in [6.45, 7) is 2.13. The summed E-state index contributed by atoms with van der Waals surface area (Å²) in [5.41, 5.74) is 3.17. The van der Waals surface area contributed by atoms with Gasteiger partial charge >= 0.3 is 5.97 Å². The minimum absolute atomic E-state index is 0.123. The molecule has 1 aliphatic heterocycles. The molecule has 25 heavy (non-hydrogen) atoms. The number of carbonyl (C=O) groups is 1. The first-order valence-electron chi connectivity index (χ1n) is 8.32. The molecule has 126 valence electrons. The highest BCUT2D eigenvalue weighted by molar-refractivity contribution is 5.97. The van der Waals surface area contributed by atoms with Crippen LogP contribution in [0.4, 0.5) is 0 Å². The van der Waals surface area contributed by atoms with Crippen molar-refractivity contribution in [2.75, 3.05) is 6.61 Å². The maximum atomic E-state index is 12.3. The molecular formula is C21H19NO3. The van der Waals surface area contributed by atoms with Crippen molar-refractivity contribution in [2.45, 2.75) is 25.9 Å². The summed E-state index contributed by atoms with van der Waals surface area (Å²) in [6, 6.07) is 19.2. The van der Waals surface area contributed by atoms with Gasteiger partial charge in [-0.3, -0.25) is 0 Å². The van der Waals surface area contributed by atoms with E-state index in [2.05, 4.69) is 6.07 Å². The predicted octanol–water partition coefficient (Wildman–Crippen LogP) is 3.86. The highest BCUT2D eigenvalue weighted by atomic mass is 16.5. The van der Waals surface area contributed by atoms with Crippen molar-refractivity contribution < 1.29 is 14.3 Å². The third kappa shape index (κ3) is 3.89. The van der Waals surface area contributed by atoms with E-state index in [0.717, 1.165) is 11.1 Å². The van der Waals surface area contributed by atoms with Gasteiger partial charge in [-0.2, -0.15) is 5.26 Å². The second-order valence-electron chi connectivity index (χ2n) is 5.85. The quantitative estimate of drug-likeness (QED) is 0.780. The number of hydrogen-bond donors (Lipinski definition) is 0. The topological polar surface area (TPSA) is 59.3 Å². The van der Waals surface area contributed by atoms with Crippen LogP contribution in [-0.4, -0.2) is 18.7 Å². The zero-order valence-corrected chi connectivity index (χ0v) is 14.1. The van der Waals surface area contributed by atoms with E-state index in [1.807, 2.05) is 42.5 Å². The molecular weight excluding hydrogens is 314 g/mol. The van der Waals surface area contributed by atoms with Crippen LogP contribution in [0.25, 0.3) is 5.76 Å². The number of carbonyl (C=O) groups excluding carboxylic acids is 1. The molecule has 1 unspecified atom stereocenters. The van der Waals surface area contributed by atoms with Gasteiger partial charge in [-0.05, 0) is 24.6 Å². The third-order valence-electron chi connectivity index (χ3n) is 4.09. The Morgan fingerprint density at radius 3 is 2.56 bits per heavy atom. The van der Waals surface area contributed by atoms with E-state index in [4.69, 9.17) is 14.7 Å². The number of ether oxygens (including phenoxy) is 2. The van der Waals surface area contributed by atoms with Gasteiger partial charge in [-0.25, -0.2) is 4.79 Å². The van der Waals surface area contributed by atoms with Gasteiger partial charge in [0.25, 0.3) is 0 Å². The predicted molar refractivity (Wildman–Crippen MR) is 94.3 cm³/mol. The second-order valence-corrected chi connectivity index (χ2v) is 5.85. The monoisotopic (exact) mass is 333 g/mol. The molecule has 3 rings (SSSR count). The first-order valence-corrected chi connectivity index (χ1v) is 8.32. The molecule has 4 nitrogen and oxygen atoms in total. The first kappa shape index (κ1) is 16.8. The lowest BCUT2D eigenvalue weighted by molar-refractivity contribution is -0.138. The zero-order valence-electron chi connectivity index (χ0n) is 14.1. The summed E-state index contributed by atoms with van der Waals surface area (Å²) < 4.78 is 11.3. The fourth-order valence-electron chi connectivity index (χ4n) is 2.92. The van der Waals surface area contributed by atoms with E-state index in [-0.39, 0.29) is 12.1 Å². The summed E-state index contributed by atoms with van der Waals surface area (Å²) >= 11 is 0. The van der Waals surface area contributed by atoms with Gasteiger partial charge in [0.05, 0.1) is 23.8 Å². The Kier molecular flexibility index (Phi) is 5.15. The molecule has 0 amide bonds. The highest BCUT2D eigenvalue weighted by Crippen LogP contribution is 2.34. The van der Waals surface area contributed by atoms with E-state index in [9.17, 15) is 4.79 Å². The Morgan fingerprint density at radius 1 is 1.20 bits per heavy atom. The Morgan fingerprint density at radius 2 is 1.92 bits per heavy atom. The Labute approximate surface area is 147 Å². The molecule has 4 heteroatoms. The van der Waals surface area contributed by atoms with E-state index in [0.29, 0.717) is 36.3 Å². The van der Waals surface area contributed by atoms with Crippen molar-refractivity contribution in [2.24, 2.45) is 0 Å². The number of esters is 1. The lowest BCUT2D eigenvalue weighted by Gasteiger charge is -2.13. The summed E-state index contributed by atoms with van der Waals surface area (Å²) in [7, 11) is 0. The van der Waals surface area contributed by atoms with Crippen LogP contribution in [0.15, 0.2) is 60.2 Å². The first-order chi connectivity index (χ1) is 12.2. The van der Waals surface area contributed by atoms with Crippen molar-refractivity contribution >= 4 is 11.7 Å². The molecule has 0 N–H and O–H groups in total. The van der Waals surface area contributed by atoms with Crippen LogP contribution in [0.5, 0.6) is 0 Å². The van der Waals surface area contributed by atoms with Gasteiger partial charge in [0, 0.05) is 18.4 Å². The van der Waals surface area contributed by atoms with Crippen LogP contribution in [0, 0.1) is 11.3 Å².